The number of carbonyl (C=O) groups excluding carboxylic acids is 2. The Morgan fingerprint density at radius 2 is 2.06 bits per heavy atom. The van der Waals surface area contributed by atoms with Crippen molar-refractivity contribution in [1.82, 2.24) is 5.32 Å². The van der Waals surface area contributed by atoms with E-state index in [2.05, 4.69) is 5.32 Å². The summed E-state index contributed by atoms with van der Waals surface area (Å²) in [6.45, 7) is 3.15. The Labute approximate surface area is 104 Å². The molecule has 0 aliphatic carbocycles. The molecular weight excluding hydrogens is 239 g/mol. The van der Waals surface area contributed by atoms with Crippen LogP contribution in [0.25, 0.3) is 0 Å². The van der Waals surface area contributed by atoms with Crippen LogP contribution in [0.5, 0.6) is 5.75 Å². The van der Waals surface area contributed by atoms with Crippen molar-refractivity contribution in [3.05, 3.63) is 29.6 Å². The highest BCUT2D eigenvalue weighted by molar-refractivity contribution is 5.97. The minimum Gasteiger partial charge on any atom is -0.507 e. The van der Waals surface area contributed by atoms with E-state index in [1.807, 2.05) is 0 Å². The van der Waals surface area contributed by atoms with Crippen molar-refractivity contribution in [2.24, 2.45) is 5.73 Å². The molecule has 0 fully saturated rings. The number of phenols is 1. The predicted molar refractivity (Wildman–Crippen MR) is 63.4 cm³/mol. The zero-order chi connectivity index (χ0) is 13.9. The first-order valence-electron chi connectivity index (χ1n) is 5.31. The number of nitrogens with two attached hydrogens (primary N) is 1. The maximum atomic E-state index is 13.4. The number of nitrogens with one attached hydrogen (secondary N) is 1. The normalized spacial score (nSPS) is 11.1. The highest BCUT2D eigenvalue weighted by Gasteiger charge is 2.26. The maximum Gasteiger partial charge on any atom is 0.258 e. The molecule has 1 aromatic rings. The van der Waals surface area contributed by atoms with Crippen molar-refractivity contribution in [2.75, 3.05) is 0 Å². The summed E-state index contributed by atoms with van der Waals surface area (Å²) >= 11 is 0. The van der Waals surface area contributed by atoms with Gasteiger partial charge in [0, 0.05) is 12.0 Å². The first-order chi connectivity index (χ1) is 8.23. The molecule has 0 saturated carbocycles. The molecule has 6 heteroatoms. The molecule has 18 heavy (non-hydrogen) atoms. The lowest BCUT2D eigenvalue weighted by molar-refractivity contribution is -0.119. The molecule has 0 atom stereocenters. The highest BCUT2D eigenvalue weighted by atomic mass is 19.1. The third-order valence-corrected chi connectivity index (χ3v) is 2.29. The van der Waals surface area contributed by atoms with E-state index in [9.17, 15) is 19.1 Å². The lowest BCUT2D eigenvalue weighted by Gasteiger charge is -2.25. The van der Waals surface area contributed by atoms with Crippen molar-refractivity contribution in [1.29, 1.82) is 0 Å². The Hall–Kier alpha value is -2.11. The summed E-state index contributed by atoms with van der Waals surface area (Å²) in [5, 5.41) is 11.9. The van der Waals surface area contributed by atoms with Gasteiger partial charge in [0.1, 0.15) is 17.1 Å². The van der Waals surface area contributed by atoms with Crippen LogP contribution in [0, 0.1) is 5.82 Å². The summed E-state index contributed by atoms with van der Waals surface area (Å²) in [5.74, 6) is -2.67. The molecule has 98 valence electrons. The fraction of sp³-hybridized carbons (Fsp3) is 0.333. The summed E-state index contributed by atoms with van der Waals surface area (Å²) in [6, 6.07) is 3.56. The minimum absolute atomic E-state index is 0.0893. The lowest BCUT2D eigenvalue weighted by Crippen LogP contribution is -2.46. The van der Waals surface area contributed by atoms with Gasteiger partial charge in [-0.25, -0.2) is 4.39 Å². The van der Waals surface area contributed by atoms with E-state index in [1.165, 1.54) is 12.1 Å². The van der Waals surface area contributed by atoms with Crippen LogP contribution in [-0.4, -0.2) is 22.5 Å². The first-order valence-corrected chi connectivity index (χ1v) is 5.31. The second kappa shape index (κ2) is 5.03. The summed E-state index contributed by atoms with van der Waals surface area (Å²) in [4.78, 5) is 22.6. The second-order valence-electron chi connectivity index (χ2n) is 4.62. The quantitative estimate of drug-likeness (QED) is 0.745. The Balaban J connectivity index is 2.92. The number of rotatable bonds is 4. The van der Waals surface area contributed by atoms with Gasteiger partial charge in [-0.1, -0.05) is 6.07 Å². The summed E-state index contributed by atoms with van der Waals surface area (Å²) in [5.41, 5.74) is 3.67. The second-order valence-corrected chi connectivity index (χ2v) is 4.62. The Kier molecular flexibility index (Phi) is 3.90. The van der Waals surface area contributed by atoms with E-state index in [-0.39, 0.29) is 6.42 Å². The fourth-order valence-corrected chi connectivity index (χ4v) is 1.59. The molecule has 0 aliphatic heterocycles. The highest BCUT2D eigenvalue weighted by Crippen LogP contribution is 2.21. The van der Waals surface area contributed by atoms with Gasteiger partial charge in [0.2, 0.25) is 5.91 Å². The average molecular weight is 254 g/mol. The monoisotopic (exact) mass is 254 g/mol. The zero-order valence-corrected chi connectivity index (χ0v) is 10.2. The molecule has 1 aromatic carbocycles. The third kappa shape index (κ3) is 3.44. The Morgan fingerprint density at radius 1 is 1.44 bits per heavy atom. The molecule has 0 aliphatic rings. The number of hydrogen-bond donors (Lipinski definition) is 3. The van der Waals surface area contributed by atoms with Crippen LogP contribution in [0.2, 0.25) is 0 Å². The Morgan fingerprint density at radius 3 is 2.56 bits per heavy atom. The molecular formula is C12H15FN2O3. The minimum atomic E-state index is -0.919. The van der Waals surface area contributed by atoms with Gasteiger partial charge >= 0.3 is 0 Å². The van der Waals surface area contributed by atoms with Gasteiger partial charge in [-0.2, -0.15) is 0 Å². The van der Waals surface area contributed by atoms with Crippen LogP contribution in [0.3, 0.4) is 0 Å². The van der Waals surface area contributed by atoms with Crippen molar-refractivity contribution < 1.29 is 19.1 Å². The largest absolute Gasteiger partial charge is 0.507 e. The molecule has 5 nitrogen and oxygen atoms in total. The summed E-state index contributed by atoms with van der Waals surface area (Å²) in [7, 11) is 0. The molecule has 0 spiro atoms. The van der Waals surface area contributed by atoms with Gasteiger partial charge in [0.05, 0.1) is 0 Å². The zero-order valence-electron chi connectivity index (χ0n) is 10.2. The van der Waals surface area contributed by atoms with Crippen molar-refractivity contribution in [2.45, 2.75) is 25.8 Å². The molecule has 2 amide bonds. The molecule has 0 heterocycles. The van der Waals surface area contributed by atoms with E-state index >= 15 is 0 Å². The van der Waals surface area contributed by atoms with Gasteiger partial charge in [0.25, 0.3) is 5.91 Å². The van der Waals surface area contributed by atoms with Crippen molar-refractivity contribution >= 4 is 11.8 Å². The van der Waals surface area contributed by atoms with Gasteiger partial charge in [-0.15, -0.1) is 0 Å². The van der Waals surface area contributed by atoms with Crippen LogP contribution >= 0.6 is 0 Å². The standard InChI is InChI=1S/C12H15FN2O3/c1-12(2,6-9(14)17)15-11(18)10-7(13)4-3-5-8(10)16/h3-5,16H,6H2,1-2H3,(H2,14,17)(H,15,18). The number of hydrogen-bond acceptors (Lipinski definition) is 3. The van der Waals surface area contributed by atoms with E-state index < -0.39 is 34.5 Å². The smallest absolute Gasteiger partial charge is 0.258 e. The van der Waals surface area contributed by atoms with Gasteiger partial charge in [-0.3, -0.25) is 9.59 Å². The molecule has 1 rings (SSSR count). The first kappa shape index (κ1) is 14.0. The molecule has 0 bridgehead atoms. The maximum absolute atomic E-state index is 13.4. The van der Waals surface area contributed by atoms with E-state index in [0.717, 1.165) is 6.07 Å². The number of phenolic OH excluding ortho intramolecular Hbond substituents is 1. The van der Waals surface area contributed by atoms with Crippen LogP contribution in [0.1, 0.15) is 30.6 Å². The topological polar surface area (TPSA) is 92.4 Å². The molecule has 0 unspecified atom stereocenters. The van der Waals surface area contributed by atoms with Gasteiger partial charge < -0.3 is 16.2 Å². The van der Waals surface area contributed by atoms with Crippen LogP contribution in [-0.2, 0) is 4.79 Å². The van der Waals surface area contributed by atoms with Crippen molar-refractivity contribution in [3.8, 4) is 5.75 Å². The van der Waals surface area contributed by atoms with E-state index in [0.29, 0.717) is 0 Å². The predicted octanol–water partition coefficient (Wildman–Crippen LogP) is 0.915. The van der Waals surface area contributed by atoms with Crippen LogP contribution < -0.4 is 11.1 Å². The summed E-state index contributed by atoms with van der Waals surface area (Å²) in [6.07, 6.45) is -0.0893. The lowest BCUT2D eigenvalue weighted by atomic mass is 9.99. The number of amides is 2. The SMILES string of the molecule is CC(C)(CC(N)=O)NC(=O)c1c(O)cccc1F. The number of primary amides is 1. The number of benzene rings is 1. The fourth-order valence-electron chi connectivity index (χ4n) is 1.59. The molecule has 0 radical (unpaired) electrons. The van der Waals surface area contributed by atoms with Gasteiger partial charge in [-0.05, 0) is 26.0 Å². The van der Waals surface area contributed by atoms with Crippen LogP contribution in [0.15, 0.2) is 18.2 Å². The average Bonchev–Trinajstić information content (AvgIpc) is 2.13. The number of carbonyl (C=O) groups is 2. The van der Waals surface area contributed by atoms with Gasteiger partial charge in [0.15, 0.2) is 0 Å². The Bertz CT molecular complexity index is 466. The van der Waals surface area contributed by atoms with E-state index in [1.54, 1.807) is 13.8 Å². The molecule has 4 N–H and O–H groups in total. The van der Waals surface area contributed by atoms with E-state index in [4.69, 9.17) is 5.73 Å². The molecule has 0 saturated heterocycles. The number of halogens is 1. The molecule has 0 aromatic heterocycles. The third-order valence-electron chi connectivity index (χ3n) is 2.29. The number of aromatic hydroxyl groups is 1. The van der Waals surface area contributed by atoms with Crippen molar-refractivity contribution in [3.63, 3.8) is 0 Å². The van der Waals surface area contributed by atoms with Crippen LogP contribution in [0.4, 0.5) is 4.39 Å². The summed E-state index contributed by atoms with van der Waals surface area (Å²) < 4.78 is 13.4.